The summed E-state index contributed by atoms with van der Waals surface area (Å²) in [6.07, 6.45) is 0. The van der Waals surface area contributed by atoms with Crippen molar-refractivity contribution in [3.63, 3.8) is 0 Å². The number of phenolic OH excluding ortho intramolecular Hbond substituents is 1. The van der Waals surface area contributed by atoms with E-state index in [1.54, 1.807) is 18.2 Å². The van der Waals surface area contributed by atoms with E-state index < -0.39 is 5.91 Å². The van der Waals surface area contributed by atoms with Crippen LogP contribution in [0.5, 0.6) is 5.75 Å². The SMILES string of the molecule is NC(=S)c1ccc(Br)cc1NC(=O)c1cc(Cl)ccc1O. The fraction of sp³-hybridized carbons (Fsp3) is 0. The number of anilines is 1. The Kier molecular flexibility index (Phi) is 4.82. The quantitative estimate of drug-likeness (QED) is 0.704. The van der Waals surface area contributed by atoms with Crippen molar-refractivity contribution in [1.82, 2.24) is 0 Å². The molecule has 0 atom stereocenters. The fourth-order valence-electron chi connectivity index (χ4n) is 1.71. The van der Waals surface area contributed by atoms with Gasteiger partial charge in [-0.05, 0) is 36.4 Å². The lowest BCUT2D eigenvalue weighted by atomic mass is 10.1. The van der Waals surface area contributed by atoms with Gasteiger partial charge >= 0.3 is 0 Å². The Balaban J connectivity index is 2.38. The molecule has 0 aliphatic heterocycles. The zero-order valence-electron chi connectivity index (χ0n) is 10.6. The number of thiocarbonyl (C=S) groups is 1. The largest absolute Gasteiger partial charge is 0.507 e. The van der Waals surface area contributed by atoms with Crippen LogP contribution >= 0.6 is 39.7 Å². The van der Waals surface area contributed by atoms with Gasteiger partial charge in [0.05, 0.1) is 11.3 Å². The highest BCUT2D eigenvalue weighted by Crippen LogP contribution is 2.25. The van der Waals surface area contributed by atoms with Crippen LogP contribution in [0.25, 0.3) is 0 Å². The van der Waals surface area contributed by atoms with E-state index in [-0.39, 0.29) is 16.3 Å². The van der Waals surface area contributed by atoms with E-state index in [2.05, 4.69) is 21.2 Å². The van der Waals surface area contributed by atoms with Gasteiger partial charge in [0.25, 0.3) is 5.91 Å². The minimum absolute atomic E-state index is 0.0661. The van der Waals surface area contributed by atoms with Crippen molar-refractivity contribution in [2.24, 2.45) is 5.73 Å². The molecular weight excluding hydrogens is 376 g/mol. The van der Waals surface area contributed by atoms with Crippen LogP contribution in [0.15, 0.2) is 40.9 Å². The van der Waals surface area contributed by atoms with E-state index in [1.807, 2.05) is 0 Å². The number of amides is 1. The van der Waals surface area contributed by atoms with Gasteiger partial charge in [0, 0.05) is 15.1 Å². The molecule has 4 N–H and O–H groups in total. The average molecular weight is 386 g/mol. The van der Waals surface area contributed by atoms with E-state index in [0.29, 0.717) is 16.3 Å². The second-order valence-corrected chi connectivity index (χ2v) is 5.96. The minimum atomic E-state index is -0.509. The summed E-state index contributed by atoms with van der Waals surface area (Å²) in [4.78, 5) is 12.4. The summed E-state index contributed by atoms with van der Waals surface area (Å²) < 4.78 is 0.758. The van der Waals surface area contributed by atoms with Crippen molar-refractivity contribution in [2.75, 3.05) is 5.32 Å². The van der Waals surface area contributed by atoms with Crippen molar-refractivity contribution in [1.29, 1.82) is 0 Å². The Labute approximate surface area is 140 Å². The topological polar surface area (TPSA) is 75.3 Å². The summed E-state index contributed by atoms with van der Waals surface area (Å²) in [6, 6.07) is 9.36. The van der Waals surface area contributed by atoms with Gasteiger partial charge < -0.3 is 16.2 Å². The lowest BCUT2D eigenvalue weighted by Crippen LogP contribution is -2.17. The number of halogens is 2. The standard InChI is InChI=1S/C14H10BrClN2O2S/c15-7-1-3-9(13(17)21)11(5-7)18-14(20)10-6-8(16)2-4-12(10)19/h1-6,19H,(H2,17,21)(H,18,20). The Morgan fingerprint density at radius 1 is 1.24 bits per heavy atom. The van der Waals surface area contributed by atoms with Crippen molar-refractivity contribution in [2.45, 2.75) is 0 Å². The first-order valence-corrected chi connectivity index (χ1v) is 7.35. The third kappa shape index (κ3) is 3.72. The molecule has 0 fully saturated rings. The van der Waals surface area contributed by atoms with E-state index in [0.717, 1.165) is 4.47 Å². The van der Waals surface area contributed by atoms with Crippen molar-refractivity contribution in [3.05, 3.63) is 57.0 Å². The number of hydrogen-bond donors (Lipinski definition) is 3. The third-order valence-corrected chi connectivity index (χ3v) is 3.65. The number of phenols is 1. The predicted octanol–water partition coefficient (Wildman–Crippen LogP) is 3.69. The van der Waals surface area contributed by atoms with Crippen LogP contribution in [-0.4, -0.2) is 16.0 Å². The zero-order valence-corrected chi connectivity index (χ0v) is 13.7. The Morgan fingerprint density at radius 3 is 2.62 bits per heavy atom. The molecule has 0 unspecified atom stereocenters. The summed E-state index contributed by atoms with van der Waals surface area (Å²) in [5.74, 6) is -0.672. The van der Waals surface area contributed by atoms with Gasteiger partial charge in [-0.15, -0.1) is 0 Å². The number of nitrogens with one attached hydrogen (secondary N) is 1. The van der Waals surface area contributed by atoms with Crippen LogP contribution in [-0.2, 0) is 0 Å². The maximum Gasteiger partial charge on any atom is 0.259 e. The first kappa shape index (κ1) is 15.8. The number of benzene rings is 2. The van der Waals surface area contributed by atoms with Gasteiger partial charge in [-0.2, -0.15) is 0 Å². The van der Waals surface area contributed by atoms with Crippen LogP contribution in [0.4, 0.5) is 5.69 Å². The van der Waals surface area contributed by atoms with Crippen LogP contribution < -0.4 is 11.1 Å². The molecule has 0 aliphatic rings. The molecule has 2 aromatic carbocycles. The molecule has 0 aliphatic carbocycles. The fourth-order valence-corrected chi connectivity index (χ4v) is 2.43. The maximum absolute atomic E-state index is 12.2. The molecule has 0 spiro atoms. The molecule has 0 saturated carbocycles. The van der Waals surface area contributed by atoms with E-state index in [9.17, 15) is 9.90 Å². The smallest absolute Gasteiger partial charge is 0.259 e. The molecule has 0 radical (unpaired) electrons. The van der Waals surface area contributed by atoms with Crippen LogP contribution in [0.3, 0.4) is 0 Å². The molecule has 21 heavy (non-hydrogen) atoms. The zero-order chi connectivity index (χ0) is 15.6. The van der Waals surface area contributed by atoms with Crippen LogP contribution in [0.2, 0.25) is 5.02 Å². The molecular formula is C14H10BrClN2O2S. The summed E-state index contributed by atoms with van der Waals surface area (Å²) in [7, 11) is 0. The van der Waals surface area contributed by atoms with Crippen molar-refractivity contribution < 1.29 is 9.90 Å². The molecule has 2 rings (SSSR count). The minimum Gasteiger partial charge on any atom is -0.507 e. The number of nitrogens with two attached hydrogens (primary N) is 1. The van der Waals surface area contributed by atoms with Gasteiger partial charge in [-0.25, -0.2) is 0 Å². The highest BCUT2D eigenvalue weighted by molar-refractivity contribution is 9.10. The second-order valence-electron chi connectivity index (χ2n) is 4.17. The van der Waals surface area contributed by atoms with Gasteiger partial charge in [0.2, 0.25) is 0 Å². The van der Waals surface area contributed by atoms with E-state index in [1.165, 1.54) is 18.2 Å². The highest BCUT2D eigenvalue weighted by Gasteiger charge is 2.15. The Bertz CT molecular complexity index is 737. The number of hydrogen-bond acceptors (Lipinski definition) is 3. The molecule has 4 nitrogen and oxygen atoms in total. The van der Waals surface area contributed by atoms with Gasteiger partial charge in [0.15, 0.2) is 0 Å². The van der Waals surface area contributed by atoms with Crippen LogP contribution in [0.1, 0.15) is 15.9 Å². The molecule has 0 aromatic heterocycles. The summed E-state index contributed by atoms with van der Waals surface area (Å²) in [6.45, 7) is 0. The number of rotatable bonds is 3. The normalized spacial score (nSPS) is 10.2. The van der Waals surface area contributed by atoms with Gasteiger partial charge in [-0.1, -0.05) is 39.7 Å². The van der Waals surface area contributed by atoms with Gasteiger partial charge in [0.1, 0.15) is 10.7 Å². The Morgan fingerprint density at radius 2 is 1.95 bits per heavy atom. The highest BCUT2D eigenvalue weighted by atomic mass is 79.9. The Hall–Kier alpha value is -1.63. The van der Waals surface area contributed by atoms with Crippen molar-refractivity contribution in [3.8, 4) is 5.75 Å². The van der Waals surface area contributed by atoms with E-state index >= 15 is 0 Å². The molecule has 108 valence electrons. The monoisotopic (exact) mass is 384 g/mol. The molecule has 0 heterocycles. The first-order chi connectivity index (χ1) is 9.88. The first-order valence-electron chi connectivity index (χ1n) is 5.77. The summed E-state index contributed by atoms with van der Waals surface area (Å²) in [5, 5.41) is 12.7. The van der Waals surface area contributed by atoms with E-state index in [4.69, 9.17) is 29.6 Å². The molecule has 0 bridgehead atoms. The molecule has 1 amide bonds. The lowest BCUT2D eigenvalue weighted by molar-refractivity contribution is 0.102. The summed E-state index contributed by atoms with van der Waals surface area (Å²) >= 11 is 14.1. The predicted molar refractivity (Wildman–Crippen MR) is 91.1 cm³/mol. The summed E-state index contributed by atoms with van der Waals surface area (Å²) in [5.41, 5.74) is 6.67. The van der Waals surface area contributed by atoms with Crippen molar-refractivity contribution >= 4 is 56.3 Å². The molecule has 7 heteroatoms. The number of carbonyl (C=O) groups is 1. The molecule has 0 saturated heterocycles. The number of carbonyl (C=O) groups excluding carboxylic acids is 1. The molecule has 2 aromatic rings. The maximum atomic E-state index is 12.2. The third-order valence-electron chi connectivity index (χ3n) is 2.70. The van der Waals surface area contributed by atoms with Crippen LogP contribution in [0, 0.1) is 0 Å². The lowest BCUT2D eigenvalue weighted by Gasteiger charge is -2.11. The second kappa shape index (κ2) is 6.43. The average Bonchev–Trinajstić information content (AvgIpc) is 2.41. The number of aromatic hydroxyl groups is 1. The van der Waals surface area contributed by atoms with Gasteiger partial charge in [-0.3, -0.25) is 4.79 Å².